The maximum Gasteiger partial charge on any atom is 0.293 e. The summed E-state index contributed by atoms with van der Waals surface area (Å²) in [7, 11) is -3.56. The number of carbonyl (C=O) groups is 1. The van der Waals surface area contributed by atoms with Crippen molar-refractivity contribution in [1.82, 2.24) is 4.72 Å². The summed E-state index contributed by atoms with van der Waals surface area (Å²) in [4.78, 5) is 10.7. The van der Waals surface area contributed by atoms with Crippen molar-refractivity contribution < 1.29 is 17.9 Å². The Morgan fingerprint density at radius 3 is 2.53 bits per heavy atom. The van der Waals surface area contributed by atoms with Crippen molar-refractivity contribution >= 4 is 16.5 Å². The van der Waals surface area contributed by atoms with Crippen LogP contribution in [0, 0.1) is 0 Å². The Kier molecular flexibility index (Phi) is 4.55. The smallest absolute Gasteiger partial charge is 0.293 e. The van der Waals surface area contributed by atoms with Gasteiger partial charge < -0.3 is 4.74 Å². The Labute approximate surface area is 113 Å². The molecule has 0 aliphatic heterocycles. The number of nitrogens with one attached hydrogen (secondary N) is 1. The first kappa shape index (κ1) is 14.0. The van der Waals surface area contributed by atoms with Crippen molar-refractivity contribution in [3.8, 4) is 0 Å². The molecule has 5 nitrogen and oxygen atoms in total. The maximum absolute atomic E-state index is 12.2. The summed E-state index contributed by atoms with van der Waals surface area (Å²) in [6, 6.07) is 7.85. The number of benzene rings is 1. The zero-order valence-corrected chi connectivity index (χ0v) is 11.3. The van der Waals surface area contributed by atoms with Gasteiger partial charge in [-0.05, 0) is 31.4 Å². The van der Waals surface area contributed by atoms with Crippen molar-refractivity contribution in [2.45, 2.75) is 42.7 Å². The topological polar surface area (TPSA) is 72.5 Å². The lowest BCUT2D eigenvalue weighted by Crippen LogP contribution is -2.46. The highest BCUT2D eigenvalue weighted by Crippen LogP contribution is 2.22. The maximum atomic E-state index is 12.2. The van der Waals surface area contributed by atoms with Crippen LogP contribution in [-0.2, 0) is 19.6 Å². The molecule has 6 heteroatoms. The van der Waals surface area contributed by atoms with Crippen LogP contribution in [-0.4, -0.2) is 27.0 Å². The third kappa shape index (κ3) is 3.54. The van der Waals surface area contributed by atoms with Crippen LogP contribution in [0.3, 0.4) is 0 Å². The average molecular weight is 283 g/mol. The minimum Gasteiger partial charge on any atom is -0.463 e. The van der Waals surface area contributed by atoms with Crippen LogP contribution < -0.4 is 4.72 Å². The predicted molar refractivity (Wildman–Crippen MR) is 70.0 cm³/mol. The molecule has 1 fully saturated rings. The van der Waals surface area contributed by atoms with Gasteiger partial charge in [0.1, 0.15) is 6.10 Å². The molecule has 0 saturated heterocycles. The van der Waals surface area contributed by atoms with Gasteiger partial charge in [0, 0.05) is 0 Å². The molecule has 1 saturated carbocycles. The van der Waals surface area contributed by atoms with E-state index in [4.69, 9.17) is 4.74 Å². The van der Waals surface area contributed by atoms with Crippen LogP contribution in [0.15, 0.2) is 35.2 Å². The molecule has 1 N–H and O–H groups in total. The second-order valence-corrected chi connectivity index (χ2v) is 6.31. The van der Waals surface area contributed by atoms with Gasteiger partial charge in [-0.2, -0.15) is 0 Å². The Balaban J connectivity index is 2.12. The fourth-order valence-electron chi connectivity index (χ4n) is 2.33. The normalized spacial score (nSPS) is 23.8. The van der Waals surface area contributed by atoms with E-state index < -0.39 is 10.0 Å². The molecular weight excluding hydrogens is 266 g/mol. The number of ether oxygens (including phenoxy) is 1. The summed E-state index contributed by atoms with van der Waals surface area (Å²) < 4.78 is 32.0. The molecule has 0 bridgehead atoms. The largest absolute Gasteiger partial charge is 0.463 e. The van der Waals surface area contributed by atoms with Crippen LogP contribution in [0.25, 0.3) is 0 Å². The van der Waals surface area contributed by atoms with Crippen LogP contribution >= 0.6 is 0 Å². The van der Waals surface area contributed by atoms with Crippen LogP contribution in [0.5, 0.6) is 0 Å². The SMILES string of the molecule is O=CO[C@@H]1CCCC[C@H]1NS(=O)(=O)c1ccccc1. The molecule has 0 unspecified atom stereocenters. The summed E-state index contributed by atoms with van der Waals surface area (Å²) in [5, 5.41) is 0. The summed E-state index contributed by atoms with van der Waals surface area (Å²) in [5.41, 5.74) is 0. The van der Waals surface area contributed by atoms with Crippen molar-refractivity contribution in [2.75, 3.05) is 0 Å². The molecule has 2 atom stereocenters. The number of rotatable bonds is 5. The van der Waals surface area contributed by atoms with Gasteiger partial charge in [0.15, 0.2) is 0 Å². The molecule has 0 heterocycles. The molecule has 19 heavy (non-hydrogen) atoms. The van der Waals surface area contributed by atoms with E-state index in [0.29, 0.717) is 19.3 Å². The van der Waals surface area contributed by atoms with E-state index in [1.54, 1.807) is 30.3 Å². The van der Waals surface area contributed by atoms with Crippen molar-refractivity contribution in [3.05, 3.63) is 30.3 Å². The van der Waals surface area contributed by atoms with Gasteiger partial charge >= 0.3 is 0 Å². The molecule has 1 aromatic carbocycles. The Bertz CT molecular complexity index is 515. The summed E-state index contributed by atoms with van der Waals surface area (Å²) in [5.74, 6) is 0. The van der Waals surface area contributed by atoms with E-state index in [0.717, 1.165) is 12.8 Å². The Morgan fingerprint density at radius 2 is 1.84 bits per heavy atom. The van der Waals surface area contributed by atoms with Crippen molar-refractivity contribution in [1.29, 1.82) is 0 Å². The van der Waals surface area contributed by atoms with Gasteiger partial charge in [0.05, 0.1) is 10.9 Å². The Morgan fingerprint density at radius 1 is 1.16 bits per heavy atom. The second-order valence-electron chi connectivity index (χ2n) is 4.60. The minimum absolute atomic E-state index is 0.227. The fourth-order valence-corrected chi connectivity index (χ4v) is 3.65. The standard InChI is InChI=1S/C13H17NO4S/c15-10-18-13-9-5-4-8-12(13)14-19(16,17)11-6-2-1-3-7-11/h1-3,6-7,10,12-14H,4-5,8-9H2/t12-,13-/m1/s1. The molecule has 1 aliphatic rings. The van der Waals surface area contributed by atoms with E-state index >= 15 is 0 Å². The summed E-state index contributed by atoms with van der Waals surface area (Å²) in [6.45, 7) is 0.389. The van der Waals surface area contributed by atoms with Crippen molar-refractivity contribution in [3.63, 3.8) is 0 Å². The van der Waals surface area contributed by atoms with Crippen LogP contribution in [0.2, 0.25) is 0 Å². The lowest BCUT2D eigenvalue weighted by Gasteiger charge is -2.30. The molecule has 0 radical (unpaired) electrons. The number of carbonyl (C=O) groups excluding carboxylic acids is 1. The highest BCUT2D eigenvalue weighted by Gasteiger charge is 2.30. The van der Waals surface area contributed by atoms with Gasteiger partial charge in [-0.25, -0.2) is 13.1 Å². The molecule has 1 aliphatic carbocycles. The first-order chi connectivity index (χ1) is 9.13. The lowest BCUT2D eigenvalue weighted by atomic mass is 9.93. The van der Waals surface area contributed by atoms with Crippen LogP contribution in [0.4, 0.5) is 0 Å². The summed E-state index contributed by atoms with van der Waals surface area (Å²) in [6.07, 6.45) is 2.89. The minimum atomic E-state index is -3.56. The van der Waals surface area contributed by atoms with Gasteiger partial charge in [-0.15, -0.1) is 0 Å². The van der Waals surface area contributed by atoms with E-state index in [2.05, 4.69) is 4.72 Å². The fraction of sp³-hybridized carbons (Fsp3) is 0.462. The zero-order valence-electron chi connectivity index (χ0n) is 10.5. The third-order valence-electron chi connectivity index (χ3n) is 3.29. The average Bonchev–Trinajstić information content (AvgIpc) is 2.42. The number of hydrogen-bond donors (Lipinski definition) is 1. The monoisotopic (exact) mass is 283 g/mol. The number of hydrogen-bond acceptors (Lipinski definition) is 4. The first-order valence-corrected chi connectivity index (χ1v) is 7.78. The van der Waals surface area contributed by atoms with E-state index in [1.807, 2.05) is 0 Å². The lowest BCUT2D eigenvalue weighted by molar-refractivity contribution is -0.136. The van der Waals surface area contributed by atoms with Gasteiger partial charge in [-0.1, -0.05) is 24.6 Å². The van der Waals surface area contributed by atoms with Gasteiger partial charge in [-0.3, -0.25) is 4.79 Å². The second kappa shape index (κ2) is 6.16. The molecule has 0 amide bonds. The highest BCUT2D eigenvalue weighted by molar-refractivity contribution is 7.89. The van der Waals surface area contributed by atoms with E-state index in [-0.39, 0.29) is 17.0 Å². The molecule has 1 aromatic rings. The molecule has 0 spiro atoms. The predicted octanol–water partition coefficient (Wildman–Crippen LogP) is 1.45. The quantitative estimate of drug-likeness (QED) is 0.830. The zero-order chi connectivity index (χ0) is 13.7. The molecular formula is C13H17NO4S. The van der Waals surface area contributed by atoms with Gasteiger partial charge in [0.2, 0.25) is 10.0 Å². The van der Waals surface area contributed by atoms with E-state index in [9.17, 15) is 13.2 Å². The summed E-state index contributed by atoms with van der Waals surface area (Å²) >= 11 is 0. The highest BCUT2D eigenvalue weighted by atomic mass is 32.2. The number of sulfonamides is 1. The molecule has 0 aromatic heterocycles. The molecule has 2 rings (SSSR count). The Hall–Kier alpha value is -1.40. The third-order valence-corrected chi connectivity index (χ3v) is 4.80. The van der Waals surface area contributed by atoms with Crippen molar-refractivity contribution in [2.24, 2.45) is 0 Å². The first-order valence-electron chi connectivity index (χ1n) is 6.30. The van der Waals surface area contributed by atoms with E-state index in [1.165, 1.54) is 0 Å². The van der Waals surface area contributed by atoms with Gasteiger partial charge in [0.25, 0.3) is 6.47 Å². The van der Waals surface area contributed by atoms with Crippen LogP contribution in [0.1, 0.15) is 25.7 Å². The molecule has 104 valence electrons.